The van der Waals surface area contributed by atoms with E-state index in [-0.39, 0.29) is 11.9 Å². The fourth-order valence-electron chi connectivity index (χ4n) is 2.77. The quantitative estimate of drug-likeness (QED) is 0.772. The Morgan fingerprint density at radius 1 is 1.21 bits per heavy atom. The van der Waals surface area contributed by atoms with Gasteiger partial charge in [-0.1, -0.05) is 30.7 Å². The van der Waals surface area contributed by atoms with E-state index < -0.39 is 6.04 Å². The van der Waals surface area contributed by atoms with Crippen molar-refractivity contribution < 1.29 is 14.2 Å². The lowest BCUT2D eigenvalue weighted by atomic mass is 10.1. The van der Waals surface area contributed by atoms with Gasteiger partial charge in [-0.3, -0.25) is 14.6 Å². The van der Waals surface area contributed by atoms with E-state index in [0.29, 0.717) is 17.4 Å². The van der Waals surface area contributed by atoms with Crippen LogP contribution in [0.5, 0.6) is 0 Å². The van der Waals surface area contributed by atoms with Gasteiger partial charge in [0.1, 0.15) is 6.54 Å². The highest BCUT2D eigenvalue weighted by Crippen LogP contribution is 2.24. The number of benzene rings is 1. The number of rotatable bonds is 3. The molecule has 1 aromatic carbocycles. The Hall–Kier alpha value is -1.86. The van der Waals surface area contributed by atoms with Crippen molar-refractivity contribution in [2.24, 2.45) is 4.99 Å². The highest BCUT2D eigenvalue weighted by atomic mass is 35.5. The van der Waals surface area contributed by atoms with E-state index in [2.05, 4.69) is 4.99 Å². The number of aliphatic imine (C=N–C) groups is 1. The molecule has 0 N–H and O–H groups in total. The molecule has 1 atom stereocenters. The summed E-state index contributed by atoms with van der Waals surface area (Å²) in [5.74, 6) is 1.07. The second-order valence-corrected chi connectivity index (χ2v) is 7.25. The van der Waals surface area contributed by atoms with Crippen molar-refractivity contribution in [2.45, 2.75) is 19.5 Å². The molecule has 0 saturated carbocycles. The molecule has 0 bridgehead atoms. The van der Waals surface area contributed by atoms with Gasteiger partial charge in [0.25, 0.3) is 17.8 Å². The number of carbonyl (C=O) groups excluding carboxylic acids is 2. The maximum atomic E-state index is 12.7. The fourth-order valence-corrected chi connectivity index (χ4v) is 3.64. The molecule has 0 radical (unpaired) electrons. The first-order chi connectivity index (χ1) is 11.4. The molecule has 2 aliphatic rings. The Labute approximate surface area is 149 Å². The summed E-state index contributed by atoms with van der Waals surface area (Å²) >= 11 is 7.51. The average Bonchev–Trinajstić information content (AvgIpc) is 2.92. The number of urea groups is 1. The lowest BCUT2D eigenvalue weighted by Gasteiger charge is -2.30. The topological polar surface area (TPSA) is 56.0 Å². The number of thioether (sulfide) groups is 1. The van der Waals surface area contributed by atoms with Crippen LogP contribution < -0.4 is 0 Å². The Kier molecular flexibility index (Phi) is 4.64. The normalized spacial score (nSPS) is 20.7. The smallest absolute Gasteiger partial charge is 0.269 e. The molecule has 24 heavy (non-hydrogen) atoms. The molecule has 1 aromatic rings. The largest absolute Gasteiger partial charge is 0.358 e. The number of hydrogen-bond donors (Lipinski definition) is 0. The molecule has 2 aliphatic heterocycles. The van der Waals surface area contributed by atoms with Crippen molar-refractivity contribution in [2.75, 3.05) is 19.8 Å². The third-order valence-corrected chi connectivity index (χ3v) is 5.16. The van der Waals surface area contributed by atoms with Crippen LogP contribution in [0.2, 0.25) is 5.02 Å². The van der Waals surface area contributed by atoms with E-state index >= 15 is 0 Å². The second-order valence-electron chi connectivity index (χ2n) is 5.58. The van der Waals surface area contributed by atoms with Gasteiger partial charge in [0.15, 0.2) is 0 Å². The highest BCUT2D eigenvalue weighted by molar-refractivity contribution is 8.13. The number of nitrogens with zero attached hydrogens (tertiary/aromatic N) is 4. The summed E-state index contributed by atoms with van der Waals surface area (Å²) in [4.78, 5) is 32.0. The molecular weight excluding hydrogens is 348 g/mol. The van der Waals surface area contributed by atoms with Gasteiger partial charge in [-0.15, -0.1) is 0 Å². The zero-order valence-electron chi connectivity index (χ0n) is 13.7. The molecule has 3 amide bonds. The third kappa shape index (κ3) is 2.82. The summed E-state index contributed by atoms with van der Waals surface area (Å²) in [6.45, 7) is 2.56. The third-order valence-electron chi connectivity index (χ3n) is 4.03. The van der Waals surface area contributed by atoms with Crippen LogP contribution in [0.1, 0.15) is 12.5 Å². The molecule has 0 aliphatic carbocycles. The number of imide groups is 1. The summed E-state index contributed by atoms with van der Waals surface area (Å²) in [6, 6.07) is 6.59. The molecule has 3 rings (SSSR count). The van der Waals surface area contributed by atoms with Crippen molar-refractivity contribution in [3.63, 3.8) is 0 Å². The standard InChI is InChI=1S/C16H18ClN4O2S/c1-4-24-15-18-13-12(14(22)20(3)16(23)19(13)2)21(15)9-10-5-7-11(17)8-6-10/h5-8,12H,4,9H2,1-3H3/q+1. The van der Waals surface area contributed by atoms with Crippen LogP contribution in [0.25, 0.3) is 0 Å². The molecular formula is C16H18ClN4O2S+. The zero-order chi connectivity index (χ0) is 17.4. The minimum Gasteiger partial charge on any atom is -0.269 e. The first kappa shape index (κ1) is 17.0. The molecule has 126 valence electrons. The summed E-state index contributed by atoms with van der Waals surface area (Å²) in [6.07, 6.45) is 0. The van der Waals surface area contributed by atoms with Crippen molar-refractivity contribution in [3.05, 3.63) is 34.9 Å². The van der Waals surface area contributed by atoms with Crippen LogP contribution in [-0.2, 0) is 11.3 Å². The number of amides is 3. The fraction of sp³-hybridized carbons (Fsp3) is 0.375. The highest BCUT2D eigenvalue weighted by Gasteiger charge is 2.53. The lowest BCUT2D eigenvalue weighted by Crippen LogP contribution is -2.61. The van der Waals surface area contributed by atoms with Crippen molar-refractivity contribution >= 4 is 46.3 Å². The van der Waals surface area contributed by atoms with Gasteiger partial charge in [0, 0.05) is 24.9 Å². The maximum Gasteiger partial charge on any atom is 0.358 e. The summed E-state index contributed by atoms with van der Waals surface area (Å²) in [5.41, 5.74) is 1.03. The number of likely N-dealkylation sites (N-methyl/N-ethyl adjacent to an activating group) is 2. The van der Waals surface area contributed by atoms with Gasteiger partial charge in [-0.25, -0.2) is 9.37 Å². The SMILES string of the molecule is CCSC1=[N+](Cc2ccc(Cl)cc2)C2C(=O)N(C)C(=O)N(C)C2=N1. The van der Waals surface area contributed by atoms with Gasteiger partial charge in [0.05, 0.1) is 0 Å². The molecule has 6 nitrogen and oxygen atoms in total. The van der Waals surface area contributed by atoms with Gasteiger partial charge in [-0.05, 0) is 34.5 Å². The van der Waals surface area contributed by atoms with E-state index in [1.807, 2.05) is 35.8 Å². The minimum absolute atomic E-state index is 0.252. The predicted octanol–water partition coefficient (Wildman–Crippen LogP) is 2.27. The predicted molar refractivity (Wildman–Crippen MR) is 95.7 cm³/mol. The van der Waals surface area contributed by atoms with E-state index in [4.69, 9.17) is 11.6 Å². The number of amidine groups is 2. The van der Waals surface area contributed by atoms with Crippen LogP contribution in [0.15, 0.2) is 29.3 Å². The van der Waals surface area contributed by atoms with Crippen molar-refractivity contribution in [1.29, 1.82) is 0 Å². The molecule has 1 saturated heterocycles. The Morgan fingerprint density at radius 3 is 2.50 bits per heavy atom. The summed E-state index contributed by atoms with van der Waals surface area (Å²) < 4.78 is 1.95. The summed E-state index contributed by atoms with van der Waals surface area (Å²) in [5, 5.41) is 1.43. The number of carbonyl (C=O) groups is 2. The van der Waals surface area contributed by atoms with Gasteiger partial charge in [-0.2, -0.15) is 0 Å². The molecule has 0 spiro atoms. The van der Waals surface area contributed by atoms with Crippen LogP contribution in [0.4, 0.5) is 4.79 Å². The van der Waals surface area contributed by atoms with Gasteiger partial charge < -0.3 is 0 Å². The molecule has 1 fully saturated rings. The van der Waals surface area contributed by atoms with E-state index in [9.17, 15) is 9.59 Å². The zero-order valence-corrected chi connectivity index (χ0v) is 15.3. The molecule has 2 heterocycles. The maximum absolute atomic E-state index is 12.7. The lowest BCUT2D eigenvalue weighted by molar-refractivity contribution is -0.548. The number of halogens is 1. The van der Waals surface area contributed by atoms with Crippen LogP contribution in [0, 0.1) is 0 Å². The Morgan fingerprint density at radius 2 is 1.88 bits per heavy atom. The van der Waals surface area contributed by atoms with Crippen LogP contribution in [0.3, 0.4) is 0 Å². The molecule has 1 unspecified atom stereocenters. The van der Waals surface area contributed by atoms with Crippen LogP contribution >= 0.6 is 23.4 Å². The van der Waals surface area contributed by atoms with Gasteiger partial charge in [0.2, 0.25) is 0 Å². The molecule has 0 aromatic heterocycles. The minimum atomic E-state index is -0.567. The van der Waals surface area contributed by atoms with Gasteiger partial charge >= 0.3 is 11.2 Å². The molecule has 8 heteroatoms. The number of fused-ring (bicyclic) bond motifs is 1. The van der Waals surface area contributed by atoms with Crippen molar-refractivity contribution in [1.82, 2.24) is 9.80 Å². The second kappa shape index (κ2) is 6.57. The first-order valence-corrected chi connectivity index (χ1v) is 8.95. The van der Waals surface area contributed by atoms with E-state index in [1.54, 1.807) is 18.8 Å². The summed E-state index contributed by atoms with van der Waals surface area (Å²) in [7, 11) is 3.15. The monoisotopic (exact) mass is 365 g/mol. The van der Waals surface area contributed by atoms with Crippen molar-refractivity contribution in [3.8, 4) is 0 Å². The van der Waals surface area contributed by atoms with E-state index in [1.165, 1.54) is 11.9 Å². The van der Waals surface area contributed by atoms with E-state index in [0.717, 1.165) is 21.4 Å². The van der Waals surface area contributed by atoms with Crippen LogP contribution in [-0.4, -0.2) is 63.2 Å². The number of hydrogen-bond acceptors (Lipinski definition) is 4. The average molecular weight is 366 g/mol. The Balaban J connectivity index is 1.99. The first-order valence-electron chi connectivity index (χ1n) is 7.58. The Bertz CT molecular complexity index is 760.